The third-order valence-electron chi connectivity index (χ3n) is 5.56. The number of carbonyl (C=O) groups is 2. The molecule has 0 saturated heterocycles. The Hall–Kier alpha value is -3.74. The van der Waals surface area contributed by atoms with Crippen LogP contribution in [0.1, 0.15) is 40.9 Å². The highest BCUT2D eigenvalue weighted by molar-refractivity contribution is 6.10. The van der Waals surface area contributed by atoms with E-state index in [4.69, 9.17) is 4.42 Å². The Bertz CT molecular complexity index is 1220. The van der Waals surface area contributed by atoms with Crippen LogP contribution < -0.4 is 5.32 Å². The number of carbonyl (C=O) groups excluding carboxylic acids is 2. The number of hydrogen-bond donors (Lipinski definition) is 1. The summed E-state index contributed by atoms with van der Waals surface area (Å²) in [7, 11) is 0. The maximum absolute atomic E-state index is 12.7. The fourth-order valence-electron chi connectivity index (χ4n) is 3.66. The third kappa shape index (κ3) is 3.28. The van der Waals surface area contributed by atoms with E-state index in [1.54, 1.807) is 22.8 Å². The lowest BCUT2D eigenvalue weighted by atomic mass is 9.85. The van der Waals surface area contributed by atoms with Gasteiger partial charge in [0.25, 0.3) is 0 Å². The number of rotatable bonds is 6. The highest BCUT2D eigenvalue weighted by Gasteiger charge is 2.24. The van der Waals surface area contributed by atoms with E-state index in [9.17, 15) is 9.59 Å². The number of amides is 1. The van der Waals surface area contributed by atoms with Crippen molar-refractivity contribution in [3.63, 3.8) is 0 Å². The number of ketones is 1. The van der Waals surface area contributed by atoms with Gasteiger partial charge in [-0.05, 0) is 42.7 Å². The number of benzene rings is 1. The summed E-state index contributed by atoms with van der Waals surface area (Å²) in [6.07, 6.45) is 7.75. The molecule has 1 amide bonds. The number of furan rings is 1. The summed E-state index contributed by atoms with van der Waals surface area (Å²) in [6.45, 7) is 0.485. The van der Waals surface area contributed by atoms with Crippen molar-refractivity contribution in [2.24, 2.45) is 5.92 Å². The molecule has 4 aromatic rings. The van der Waals surface area contributed by atoms with E-state index < -0.39 is 0 Å². The summed E-state index contributed by atoms with van der Waals surface area (Å²) in [5.74, 6) is 0.293. The van der Waals surface area contributed by atoms with Gasteiger partial charge < -0.3 is 9.73 Å². The van der Waals surface area contributed by atoms with Crippen molar-refractivity contribution in [1.29, 1.82) is 0 Å². The monoisotopic (exact) mass is 400 g/mol. The van der Waals surface area contributed by atoms with Crippen molar-refractivity contribution in [3.8, 4) is 11.3 Å². The predicted octanol–water partition coefficient (Wildman–Crippen LogP) is 3.64. The van der Waals surface area contributed by atoms with Gasteiger partial charge in [0.15, 0.2) is 11.4 Å². The highest BCUT2D eigenvalue weighted by atomic mass is 16.3. The van der Waals surface area contributed by atoms with Crippen LogP contribution in [-0.4, -0.2) is 26.3 Å². The van der Waals surface area contributed by atoms with E-state index >= 15 is 0 Å². The SMILES string of the molecule is O=C(c1ccco1)c1cnn2c(-c3cccc(CNC(=O)C4CCC4)c3)ccnc12. The van der Waals surface area contributed by atoms with Crippen molar-refractivity contribution in [2.75, 3.05) is 0 Å². The molecule has 0 radical (unpaired) electrons. The third-order valence-corrected chi connectivity index (χ3v) is 5.56. The fourth-order valence-corrected chi connectivity index (χ4v) is 3.66. The number of fused-ring (bicyclic) bond motifs is 1. The zero-order valence-corrected chi connectivity index (χ0v) is 16.2. The number of nitrogens with zero attached hydrogens (tertiary/aromatic N) is 3. The lowest BCUT2D eigenvalue weighted by molar-refractivity contribution is -0.127. The van der Waals surface area contributed by atoms with E-state index in [2.05, 4.69) is 15.4 Å². The summed E-state index contributed by atoms with van der Waals surface area (Å²) >= 11 is 0. The highest BCUT2D eigenvalue weighted by Crippen LogP contribution is 2.27. The predicted molar refractivity (Wildman–Crippen MR) is 110 cm³/mol. The molecule has 0 atom stereocenters. The molecule has 150 valence electrons. The van der Waals surface area contributed by atoms with Crippen molar-refractivity contribution < 1.29 is 14.0 Å². The topological polar surface area (TPSA) is 89.5 Å². The molecule has 1 aliphatic rings. The molecule has 0 spiro atoms. The molecule has 1 aliphatic carbocycles. The van der Waals surface area contributed by atoms with E-state index in [1.165, 1.54) is 12.5 Å². The number of hydrogen-bond acceptors (Lipinski definition) is 5. The molecule has 3 heterocycles. The van der Waals surface area contributed by atoms with Crippen LogP contribution in [0.5, 0.6) is 0 Å². The fraction of sp³-hybridized carbons (Fsp3) is 0.217. The first-order valence-corrected chi connectivity index (χ1v) is 9.98. The van der Waals surface area contributed by atoms with Crippen LogP contribution in [-0.2, 0) is 11.3 Å². The second-order valence-corrected chi connectivity index (χ2v) is 7.48. The molecule has 1 aromatic carbocycles. The minimum Gasteiger partial charge on any atom is -0.461 e. The summed E-state index contributed by atoms with van der Waals surface area (Å²) in [5.41, 5.74) is 3.60. The van der Waals surface area contributed by atoms with E-state index in [0.29, 0.717) is 17.8 Å². The van der Waals surface area contributed by atoms with E-state index in [-0.39, 0.29) is 23.4 Å². The van der Waals surface area contributed by atoms with Gasteiger partial charge in [0, 0.05) is 24.2 Å². The summed E-state index contributed by atoms with van der Waals surface area (Å²) in [4.78, 5) is 29.2. The zero-order valence-electron chi connectivity index (χ0n) is 16.2. The van der Waals surface area contributed by atoms with Crippen molar-refractivity contribution >= 4 is 17.3 Å². The van der Waals surface area contributed by atoms with Gasteiger partial charge in [0.1, 0.15) is 0 Å². The summed E-state index contributed by atoms with van der Waals surface area (Å²) < 4.78 is 6.88. The molecule has 1 saturated carbocycles. The molecule has 0 unspecified atom stereocenters. The number of aromatic nitrogens is 3. The van der Waals surface area contributed by atoms with Crippen LogP contribution in [0, 0.1) is 5.92 Å². The maximum Gasteiger partial charge on any atom is 0.233 e. The van der Waals surface area contributed by atoms with Crippen molar-refractivity contribution in [3.05, 3.63) is 78.0 Å². The minimum absolute atomic E-state index is 0.131. The van der Waals surface area contributed by atoms with E-state index in [0.717, 1.165) is 36.1 Å². The van der Waals surface area contributed by atoms with Gasteiger partial charge in [-0.15, -0.1) is 0 Å². The molecule has 7 heteroatoms. The smallest absolute Gasteiger partial charge is 0.233 e. The van der Waals surface area contributed by atoms with Gasteiger partial charge in [-0.2, -0.15) is 5.10 Å². The van der Waals surface area contributed by atoms with Crippen LogP contribution in [0.4, 0.5) is 0 Å². The zero-order chi connectivity index (χ0) is 20.5. The largest absolute Gasteiger partial charge is 0.461 e. The first kappa shape index (κ1) is 18.3. The lowest BCUT2D eigenvalue weighted by Gasteiger charge is -2.24. The molecule has 5 rings (SSSR count). The molecule has 30 heavy (non-hydrogen) atoms. The second-order valence-electron chi connectivity index (χ2n) is 7.48. The molecule has 0 bridgehead atoms. The normalized spacial score (nSPS) is 13.9. The Morgan fingerprint density at radius 3 is 2.83 bits per heavy atom. The Kier molecular flexibility index (Phi) is 4.63. The molecule has 7 nitrogen and oxygen atoms in total. The molecular formula is C23H20N4O3. The molecule has 0 aliphatic heterocycles. The van der Waals surface area contributed by atoms with Crippen LogP contribution in [0.15, 0.2) is 65.5 Å². The molecule has 1 N–H and O–H groups in total. The second kappa shape index (κ2) is 7.59. The van der Waals surface area contributed by atoms with Gasteiger partial charge in [-0.25, -0.2) is 9.50 Å². The van der Waals surface area contributed by atoms with Gasteiger partial charge in [-0.3, -0.25) is 9.59 Å². The molecular weight excluding hydrogens is 380 g/mol. The number of nitrogens with one attached hydrogen (secondary N) is 1. The molecule has 1 fully saturated rings. The van der Waals surface area contributed by atoms with Crippen LogP contribution in [0.2, 0.25) is 0 Å². The van der Waals surface area contributed by atoms with Crippen LogP contribution in [0.3, 0.4) is 0 Å². The Morgan fingerprint density at radius 2 is 2.07 bits per heavy atom. The summed E-state index contributed by atoms with van der Waals surface area (Å²) in [5, 5.41) is 7.42. The summed E-state index contributed by atoms with van der Waals surface area (Å²) in [6, 6.07) is 13.1. The van der Waals surface area contributed by atoms with Gasteiger partial charge in [0.05, 0.1) is 23.7 Å². The Labute approximate surface area is 172 Å². The van der Waals surface area contributed by atoms with Gasteiger partial charge in [0.2, 0.25) is 11.7 Å². The van der Waals surface area contributed by atoms with Gasteiger partial charge >= 0.3 is 0 Å². The average molecular weight is 400 g/mol. The lowest BCUT2D eigenvalue weighted by Crippen LogP contribution is -2.33. The minimum atomic E-state index is -0.257. The van der Waals surface area contributed by atoms with Crippen LogP contribution >= 0.6 is 0 Å². The Balaban J connectivity index is 1.43. The standard InChI is InChI=1S/C23H20N4O3/c28-21(20-8-3-11-30-20)18-14-26-27-19(9-10-24-22(18)27)17-7-1-4-15(12-17)13-25-23(29)16-5-2-6-16/h1,3-4,7-12,14,16H,2,5-6,13H2,(H,25,29). The van der Waals surface area contributed by atoms with Gasteiger partial charge in [-0.1, -0.05) is 24.6 Å². The first-order valence-electron chi connectivity index (χ1n) is 9.98. The van der Waals surface area contributed by atoms with Crippen molar-refractivity contribution in [1.82, 2.24) is 19.9 Å². The van der Waals surface area contributed by atoms with Crippen LogP contribution in [0.25, 0.3) is 16.9 Å². The average Bonchev–Trinajstić information content (AvgIpc) is 3.40. The Morgan fingerprint density at radius 1 is 1.17 bits per heavy atom. The van der Waals surface area contributed by atoms with Crippen molar-refractivity contribution in [2.45, 2.75) is 25.8 Å². The quantitative estimate of drug-likeness (QED) is 0.499. The maximum atomic E-state index is 12.7. The first-order chi connectivity index (χ1) is 14.7. The molecule has 3 aromatic heterocycles. The van der Waals surface area contributed by atoms with E-state index in [1.807, 2.05) is 30.3 Å².